The zero-order chi connectivity index (χ0) is 12.1. The van der Waals surface area contributed by atoms with E-state index < -0.39 is 0 Å². The summed E-state index contributed by atoms with van der Waals surface area (Å²) in [5, 5.41) is 0. The summed E-state index contributed by atoms with van der Waals surface area (Å²) in [7, 11) is 4.08. The minimum Gasteiger partial charge on any atom is -0.357 e. The Balaban J connectivity index is 2.13. The minimum atomic E-state index is 0.669. The molecule has 1 fully saturated rings. The molecule has 1 saturated carbocycles. The molecule has 2 heteroatoms. The maximum atomic E-state index is 4.48. The van der Waals surface area contributed by atoms with Gasteiger partial charge in [-0.05, 0) is 12.8 Å². The second-order valence-electron chi connectivity index (χ2n) is 4.82. The molecule has 92 valence electrons. The summed E-state index contributed by atoms with van der Waals surface area (Å²) in [5.41, 5.74) is 1.23. The third-order valence-corrected chi connectivity index (χ3v) is 3.70. The molecule has 0 amide bonds. The first-order valence-corrected chi connectivity index (χ1v) is 6.58. The van der Waals surface area contributed by atoms with Crippen LogP contribution in [0.5, 0.6) is 0 Å². The lowest BCUT2D eigenvalue weighted by molar-refractivity contribution is 0.278. The maximum absolute atomic E-state index is 4.48. The third-order valence-electron chi connectivity index (χ3n) is 3.70. The van der Waals surface area contributed by atoms with Gasteiger partial charge in [0, 0.05) is 25.7 Å². The molecule has 0 aromatic heterocycles. The molecule has 2 rings (SSSR count). The normalized spacial score (nSPS) is 18.1. The third kappa shape index (κ3) is 2.87. The van der Waals surface area contributed by atoms with Crippen molar-refractivity contribution >= 4 is 5.84 Å². The largest absolute Gasteiger partial charge is 0.357 e. The van der Waals surface area contributed by atoms with Crippen molar-refractivity contribution in [1.29, 1.82) is 0 Å². The van der Waals surface area contributed by atoms with E-state index in [1.165, 1.54) is 37.7 Å². The molecule has 1 aromatic rings. The molecule has 0 saturated heterocycles. The molecule has 0 N–H and O–H groups in total. The Hall–Kier alpha value is -1.31. The van der Waals surface area contributed by atoms with Gasteiger partial charge in [-0.15, -0.1) is 0 Å². The first-order valence-electron chi connectivity index (χ1n) is 6.58. The fraction of sp³-hybridized carbons (Fsp3) is 0.533. The summed E-state index contributed by atoms with van der Waals surface area (Å²) < 4.78 is 0. The summed E-state index contributed by atoms with van der Waals surface area (Å²) in [6.07, 6.45) is 6.74. The molecular weight excluding hydrogens is 208 g/mol. The van der Waals surface area contributed by atoms with Crippen molar-refractivity contribution in [3.63, 3.8) is 0 Å². The van der Waals surface area contributed by atoms with Crippen LogP contribution >= 0.6 is 0 Å². The summed E-state index contributed by atoms with van der Waals surface area (Å²) >= 11 is 0. The van der Waals surface area contributed by atoms with Crippen molar-refractivity contribution in [3.05, 3.63) is 35.9 Å². The van der Waals surface area contributed by atoms with Gasteiger partial charge in [-0.2, -0.15) is 0 Å². The summed E-state index contributed by atoms with van der Waals surface area (Å²) in [6, 6.07) is 11.2. The van der Waals surface area contributed by atoms with Crippen molar-refractivity contribution < 1.29 is 0 Å². The van der Waals surface area contributed by atoms with Gasteiger partial charge in [0.25, 0.3) is 0 Å². The number of hydrogen-bond donors (Lipinski definition) is 0. The van der Waals surface area contributed by atoms with Crippen LogP contribution < -0.4 is 0 Å². The Morgan fingerprint density at radius 2 is 1.76 bits per heavy atom. The molecule has 1 aromatic carbocycles. The molecule has 0 spiro atoms. The van der Waals surface area contributed by atoms with Crippen molar-refractivity contribution in [2.75, 3.05) is 14.1 Å². The first kappa shape index (κ1) is 12.2. The molecule has 0 atom stereocenters. The number of hydrogen-bond acceptors (Lipinski definition) is 1. The van der Waals surface area contributed by atoms with Crippen molar-refractivity contribution in [3.8, 4) is 0 Å². The van der Waals surface area contributed by atoms with Crippen molar-refractivity contribution in [2.45, 2.75) is 38.1 Å². The highest BCUT2D eigenvalue weighted by Gasteiger charge is 2.20. The Bertz CT molecular complexity index is 364. The topological polar surface area (TPSA) is 15.6 Å². The molecule has 0 heterocycles. The predicted molar refractivity (Wildman–Crippen MR) is 73.5 cm³/mol. The number of nitrogens with zero attached hydrogens (tertiary/aromatic N) is 2. The molecule has 0 bridgehead atoms. The molecule has 17 heavy (non-hydrogen) atoms. The van der Waals surface area contributed by atoms with Gasteiger partial charge in [0.05, 0.1) is 0 Å². The highest BCUT2D eigenvalue weighted by atomic mass is 15.2. The highest BCUT2D eigenvalue weighted by molar-refractivity contribution is 5.98. The van der Waals surface area contributed by atoms with Crippen LogP contribution in [-0.2, 0) is 0 Å². The van der Waals surface area contributed by atoms with Crippen LogP contribution in [0.2, 0.25) is 0 Å². The zero-order valence-electron chi connectivity index (χ0n) is 10.9. The number of rotatable bonds is 2. The molecule has 0 unspecified atom stereocenters. The quantitative estimate of drug-likeness (QED) is 0.562. The van der Waals surface area contributed by atoms with Gasteiger partial charge in [0.15, 0.2) is 0 Å². The van der Waals surface area contributed by atoms with Crippen LogP contribution in [0.25, 0.3) is 0 Å². The van der Waals surface area contributed by atoms with E-state index in [4.69, 9.17) is 0 Å². The first-order chi connectivity index (χ1) is 8.33. The number of benzene rings is 1. The lowest BCUT2D eigenvalue weighted by Crippen LogP contribution is -2.38. The molecule has 0 aliphatic heterocycles. The van der Waals surface area contributed by atoms with E-state index in [2.05, 4.69) is 47.3 Å². The van der Waals surface area contributed by atoms with Crippen LogP contribution in [0.15, 0.2) is 35.3 Å². The SMILES string of the molecule is CN=C(c1ccccc1)N(C)C1CCCCC1. The summed E-state index contributed by atoms with van der Waals surface area (Å²) in [4.78, 5) is 6.85. The van der Waals surface area contributed by atoms with E-state index in [1.54, 1.807) is 0 Å². The highest BCUT2D eigenvalue weighted by Crippen LogP contribution is 2.23. The Kier molecular flexibility index (Phi) is 4.18. The smallest absolute Gasteiger partial charge is 0.130 e. The monoisotopic (exact) mass is 230 g/mol. The fourth-order valence-electron chi connectivity index (χ4n) is 2.72. The van der Waals surface area contributed by atoms with E-state index in [-0.39, 0.29) is 0 Å². The van der Waals surface area contributed by atoms with Crippen molar-refractivity contribution in [2.24, 2.45) is 4.99 Å². The average molecular weight is 230 g/mol. The standard InChI is InChI=1S/C15H22N2/c1-16-15(13-9-5-3-6-10-13)17(2)14-11-7-4-8-12-14/h3,5-6,9-10,14H,4,7-8,11-12H2,1-2H3. The van der Waals surface area contributed by atoms with Gasteiger partial charge >= 0.3 is 0 Å². The van der Waals surface area contributed by atoms with Crippen LogP contribution in [0.4, 0.5) is 0 Å². The van der Waals surface area contributed by atoms with Crippen LogP contribution in [-0.4, -0.2) is 30.9 Å². The number of amidine groups is 1. The number of aliphatic imine (C=N–C) groups is 1. The molecule has 1 aliphatic rings. The predicted octanol–water partition coefficient (Wildman–Crippen LogP) is 3.33. The zero-order valence-corrected chi connectivity index (χ0v) is 10.9. The van der Waals surface area contributed by atoms with Gasteiger partial charge in [0.1, 0.15) is 5.84 Å². The van der Waals surface area contributed by atoms with Gasteiger partial charge in [-0.3, -0.25) is 4.99 Å². The van der Waals surface area contributed by atoms with E-state index >= 15 is 0 Å². The second kappa shape index (κ2) is 5.85. The molecule has 2 nitrogen and oxygen atoms in total. The fourth-order valence-corrected chi connectivity index (χ4v) is 2.72. The van der Waals surface area contributed by atoms with E-state index in [9.17, 15) is 0 Å². The maximum Gasteiger partial charge on any atom is 0.130 e. The van der Waals surface area contributed by atoms with Gasteiger partial charge < -0.3 is 4.90 Å². The van der Waals surface area contributed by atoms with Gasteiger partial charge in [0.2, 0.25) is 0 Å². The van der Waals surface area contributed by atoms with Crippen LogP contribution in [0.3, 0.4) is 0 Å². The van der Waals surface area contributed by atoms with Crippen molar-refractivity contribution in [1.82, 2.24) is 4.90 Å². The Morgan fingerprint density at radius 3 is 2.35 bits per heavy atom. The Labute approximate surface area is 104 Å². The van der Waals surface area contributed by atoms with Gasteiger partial charge in [-0.25, -0.2) is 0 Å². The molecular formula is C15H22N2. The van der Waals surface area contributed by atoms with E-state index in [0.717, 1.165) is 5.84 Å². The minimum absolute atomic E-state index is 0.669. The van der Waals surface area contributed by atoms with Gasteiger partial charge in [-0.1, -0.05) is 49.6 Å². The lowest BCUT2D eigenvalue weighted by atomic mass is 9.94. The second-order valence-corrected chi connectivity index (χ2v) is 4.82. The molecule has 1 aliphatic carbocycles. The van der Waals surface area contributed by atoms with Crippen LogP contribution in [0, 0.1) is 0 Å². The van der Waals surface area contributed by atoms with E-state index in [1.807, 2.05) is 7.05 Å². The summed E-state index contributed by atoms with van der Waals surface area (Å²) in [5.74, 6) is 1.12. The molecule has 0 radical (unpaired) electrons. The Morgan fingerprint density at radius 1 is 1.12 bits per heavy atom. The lowest BCUT2D eigenvalue weighted by Gasteiger charge is -2.33. The van der Waals surface area contributed by atoms with E-state index in [0.29, 0.717) is 6.04 Å². The summed E-state index contributed by atoms with van der Waals surface area (Å²) in [6.45, 7) is 0. The average Bonchev–Trinajstić information content (AvgIpc) is 2.42. The van der Waals surface area contributed by atoms with Crippen LogP contribution in [0.1, 0.15) is 37.7 Å².